The zero-order valence-electron chi connectivity index (χ0n) is 17.4. The van der Waals surface area contributed by atoms with Crippen LogP contribution in [0.15, 0.2) is 37.0 Å². The third-order valence-corrected chi connectivity index (χ3v) is 5.73. The lowest BCUT2D eigenvalue weighted by atomic mass is 9.98. The van der Waals surface area contributed by atoms with Gasteiger partial charge in [-0.15, -0.1) is 0 Å². The second kappa shape index (κ2) is 8.14. The molecule has 4 heterocycles. The summed E-state index contributed by atoms with van der Waals surface area (Å²) in [6.07, 6.45) is 3.53. The van der Waals surface area contributed by atoms with Crippen LogP contribution < -0.4 is 16.0 Å². The number of fused-ring (bicyclic) bond motifs is 1. The highest BCUT2D eigenvalue weighted by atomic mass is 19.1. The van der Waals surface area contributed by atoms with Gasteiger partial charge < -0.3 is 20.7 Å². The summed E-state index contributed by atoms with van der Waals surface area (Å²) in [6.45, 7) is 5.59. The molecule has 1 saturated heterocycles. The Morgan fingerprint density at radius 2 is 2.16 bits per heavy atom. The first-order valence-corrected chi connectivity index (χ1v) is 10.6. The van der Waals surface area contributed by atoms with Crippen LogP contribution >= 0.6 is 0 Å². The Balaban J connectivity index is 1.43. The number of pyridine rings is 1. The third kappa shape index (κ3) is 4.05. The van der Waals surface area contributed by atoms with Gasteiger partial charge in [0, 0.05) is 43.5 Å². The molecule has 2 aliphatic rings. The minimum absolute atomic E-state index is 0.178. The fraction of sp³-hybridized carbons (Fsp3) is 0.409. The number of hydrogen-bond donors (Lipinski definition) is 3. The van der Waals surface area contributed by atoms with Crippen molar-refractivity contribution in [3.63, 3.8) is 0 Å². The van der Waals surface area contributed by atoms with Crippen molar-refractivity contribution < 1.29 is 9.13 Å². The Labute approximate surface area is 179 Å². The molecule has 0 amide bonds. The predicted molar refractivity (Wildman–Crippen MR) is 118 cm³/mol. The van der Waals surface area contributed by atoms with Crippen LogP contribution in [0, 0.1) is 0 Å². The van der Waals surface area contributed by atoms with E-state index in [1.807, 2.05) is 31.3 Å². The summed E-state index contributed by atoms with van der Waals surface area (Å²) >= 11 is 0. The van der Waals surface area contributed by atoms with Gasteiger partial charge >= 0.3 is 0 Å². The molecular weight excluding hydrogens is 397 g/mol. The molecule has 162 valence electrons. The summed E-state index contributed by atoms with van der Waals surface area (Å²) in [5.41, 5.74) is 3.00. The fourth-order valence-electron chi connectivity index (χ4n) is 3.89. The van der Waals surface area contributed by atoms with Gasteiger partial charge in [-0.1, -0.05) is 12.6 Å². The van der Waals surface area contributed by atoms with E-state index in [0.717, 1.165) is 42.3 Å². The summed E-state index contributed by atoms with van der Waals surface area (Å²) in [4.78, 5) is 9.52. The molecule has 1 saturated carbocycles. The van der Waals surface area contributed by atoms with Gasteiger partial charge in [0.05, 0.1) is 24.4 Å². The molecule has 1 aliphatic heterocycles. The number of aromatic nitrogens is 4. The second-order valence-electron chi connectivity index (χ2n) is 8.04. The average Bonchev–Trinajstić information content (AvgIpc) is 3.31. The minimum Gasteiger partial charge on any atom is -0.381 e. The standard InChI is InChI=1S/C22H26FN7O/c1-13(26-18-9-16(18)23)15-11-25-30-21(24-2)10-20(29-22(15)30)28-19-7-3-6-17(27-19)14-5-4-8-31-12-14/h3,6-7,10-11,14,16,18,24,26H,1,4-5,8-9,12H2,2H3,(H,27,28,29)/t14-,16-,18+/m1/s1. The number of alkyl halides is 1. The summed E-state index contributed by atoms with van der Waals surface area (Å²) in [5.74, 6) is 2.43. The topological polar surface area (TPSA) is 88.4 Å². The van der Waals surface area contributed by atoms with Gasteiger partial charge in [0.15, 0.2) is 5.65 Å². The summed E-state index contributed by atoms with van der Waals surface area (Å²) in [7, 11) is 1.83. The fourth-order valence-corrected chi connectivity index (χ4v) is 3.89. The summed E-state index contributed by atoms with van der Waals surface area (Å²) in [5, 5.41) is 14.0. The number of rotatable bonds is 7. The Morgan fingerprint density at radius 1 is 1.29 bits per heavy atom. The van der Waals surface area contributed by atoms with E-state index < -0.39 is 6.17 Å². The van der Waals surface area contributed by atoms with Gasteiger partial charge in [0.1, 0.15) is 23.6 Å². The molecule has 3 atom stereocenters. The van der Waals surface area contributed by atoms with Crippen LogP contribution in [0.3, 0.4) is 0 Å². The van der Waals surface area contributed by atoms with Crippen LogP contribution in [0.2, 0.25) is 0 Å². The van der Waals surface area contributed by atoms with E-state index in [4.69, 9.17) is 14.7 Å². The maximum atomic E-state index is 13.3. The van der Waals surface area contributed by atoms with Crippen molar-refractivity contribution in [2.45, 2.75) is 37.4 Å². The lowest BCUT2D eigenvalue weighted by molar-refractivity contribution is 0.0793. The lowest BCUT2D eigenvalue weighted by Gasteiger charge is -2.22. The number of halogens is 1. The van der Waals surface area contributed by atoms with Gasteiger partial charge in [-0.05, 0) is 25.0 Å². The van der Waals surface area contributed by atoms with Crippen LogP contribution in [0.5, 0.6) is 0 Å². The molecule has 0 unspecified atom stereocenters. The van der Waals surface area contributed by atoms with Crippen LogP contribution in [-0.4, -0.2) is 52.1 Å². The lowest BCUT2D eigenvalue weighted by Crippen LogP contribution is -2.17. The highest BCUT2D eigenvalue weighted by molar-refractivity contribution is 5.76. The van der Waals surface area contributed by atoms with E-state index in [9.17, 15) is 4.39 Å². The molecule has 0 bridgehead atoms. The third-order valence-electron chi connectivity index (χ3n) is 5.73. The molecule has 3 aromatic heterocycles. The van der Waals surface area contributed by atoms with E-state index in [-0.39, 0.29) is 6.04 Å². The minimum atomic E-state index is -0.815. The van der Waals surface area contributed by atoms with Crippen molar-refractivity contribution in [3.8, 4) is 0 Å². The summed E-state index contributed by atoms with van der Waals surface area (Å²) < 4.78 is 20.6. The number of nitrogens with zero attached hydrogens (tertiary/aromatic N) is 4. The van der Waals surface area contributed by atoms with E-state index in [2.05, 4.69) is 27.6 Å². The first kappa shape index (κ1) is 19.7. The molecule has 0 spiro atoms. The zero-order valence-corrected chi connectivity index (χ0v) is 17.4. The Morgan fingerprint density at radius 3 is 2.90 bits per heavy atom. The Kier molecular flexibility index (Phi) is 5.19. The van der Waals surface area contributed by atoms with Gasteiger partial charge in [0.2, 0.25) is 0 Å². The highest BCUT2D eigenvalue weighted by Gasteiger charge is 2.38. The van der Waals surface area contributed by atoms with Crippen LogP contribution in [0.25, 0.3) is 11.3 Å². The van der Waals surface area contributed by atoms with E-state index in [1.165, 1.54) is 0 Å². The van der Waals surface area contributed by atoms with Crippen molar-refractivity contribution >= 4 is 28.8 Å². The van der Waals surface area contributed by atoms with Gasteiger partial charge in [-0.3, -0.25) is 0 Å². The highest BCUT2D eigenvalue weighted by Crippen LogP contribution is 2.30. The van der Waals surface area contributed by atoms with Crippen LogP contribution in [-0.2, 0) is 4.74 Å². The van der Waals surface area contributed by atoms with Gasteiger partial charge in [-0.25, -0.2) is 14.4 Å². The molecule has 3 N–H and O–H groups in total. The van der Waals surface area contributed by atoms with Crippen molar-refractivity contribution in [3.05, 3.63) is 48.3 Å². The molecule has 5 rings (SSSR count). The van der Waals surface area contributed by atoms with Crippen molar-refractivity contribution in [1.82, 2.24) is 24.9 Å². The smallest absolute Gasteiger partial charge is 0.168 e. The number of hydrogen-bond acceptors (Lipinski definition) is 7. The van der Waals surface area contributed by atoms with Gasteiger partial charge in [0.25, 0.3) is 0 Å². The largest absolute Gasteiger partial charge is 0.381 e. The molecule has 2 fully saturated rings. The molecule has 0 radical (unpaired) electrons. The van der Waals surface area contributed by atoms with Crippen LogP contribution in [0.4, 0.5) is 21.8 Å². The SMILES string of the molecule is C=C(N[C@H]1C[C@H]1F)c1cnn2c(NC)cc(Nc3cccc([C@@H]4CCCOC4)n3)nc12. The molecular formula is C22H26FN7O. The molecule has 1 aliphatic carbocycles. The second-order valence-corrected chi connectivity index (χ2v) is 8.04. The zero-order chi connectivity index (χ0) is 21.4. The number of ether oxygens (including phenoxy) is 1. The molecule has 9 heteroatoms. The average molecular weight is 423 g/mol. The molecule has 0 aromatic carbocycles. The summed E-state index contributed by atoms with van der Waals surface area (Å²) in [6, 6.07) is 7.65. The van der Waals surface area contributed by atoms with Gasteiger partial charge in [-0.2, -0.15) is 9.61 Å². The number of nitrogens with one attached hydrogen (secondary N) is 3. The Hall–Kier alpha value is -3.20. The van der Waals surface area contributed by atoms with Crippen molar-refractivity contribution in [2.24, 2.45) is 0 Å². The number of anilines is 3. The molecule has 31 heavy (non-hydrogen) atoms. The normalized spacial score (nSPS) is 22.8. The quantitative estimate of drug-likeness (QED) is 0.536. The van der Waals surface area contributed by atoms with Crippen molar-refractivity contribution in [2.75, 3.05) is 30.9 Å². The monoisotopic (exact) mass is 423 g/mol. The van der Waals surface area contributed by atoms with E-state index >= 15 is 0 Å². The molecule has 8 nitrogen and oxygen atoms in total. The first-order valence-electron chi connectivity index (χ1n) is 10.6. The molecule has 3 aromatic rings. The van der Waals surface area contributed by atoms with Crippen LogP contribution in [0.1, 0.15) is 36.4 Å². The predicted octanol–water partition coefficient (Wildman–Crippen LogP) is 3.47. The maximum Gasteiger partial charge on any atom is 0.168 e. The Bertz CT molecular complexity index is 1110. The van der Waals surface area contributed by atoms with Crippen molar-refractivity contribution in [1.29, 1.82) is 0 Å². The maximum absolute atomic E-state index is 13.3. The first-order chi connectivity index (χ1) is 15.1. The van der Waals surface area contributed by atoms with E-state index in [0.29, 0.717) is 36.1 Å². The van der Waals surface area contributed by atoms with E-state index in [1.54, 1.807) is 10.7 Å².